The Balaban J connectivity index is 3.00. The third-order valence-corrected chi connectivity index (χ3v) is 23.4. The average Bonchev–Trinajstić information content (AvgIpc) is 2.83. The van der Waals surface area contributed by atoms with E-state index in [1.54, 1.807) is 0 Å². The summed E-state index contributed by atoms with van der Waals surface area (Å²) in [5.41, 5.74) is 0.289. The quantitative estimate of drug-likeness (QED) is 0.107. The predicted octanol–water partition coefficient (Wildman–Crippen LogP) is 8.91. The Bertz CT molecular complexity index is 654. The Labute approximate surface area is 207 Å². The second-order valence-electron chi connectivity index (χ2n) is 10.1. The van der Waals surface area contributed by atoms with E-state index in [9.17, 15) is 9.59 Å². The number of rotatable bonds is 17. The number of carbonyl (C=O) groups is 2. The molecule has 1 aromatic carbocycles. The number of unbranched alkanes of at least 4 members (excludes halogenated alkanes) is 4. The van der Waals surface area contributed by atoms with Gasteiger partial charge in [0.25, 0.3) is 0 Å². The molecule has 0 aliphatic heterocycles. The molecule has 0 fully saturated rings. The van der Waals surface area contributed by atoms with Gasteiger partial charge in [-0.3, -0.25) is 0 Å². The zero-order valence-corrected chi connectivity index (χ0v) is 24.8. The predicted molar refractivity (Wildman–Crippen MR) is 140 cm³/mol. The number of hydrogen-bond acceptors (Lipinski definition) is 4. The van der Waals surface area contributed by atoms with Crippen LogP contribution in [-0.4, -0.2) is 30.5 Å². The van der Waals surface area contributed by atoms with E-state index >= 15 is 0 Å². The molecule has 0 saturated heterocycles. The Morgan fingerprint density at radius 2 is 1.33 bits per heavy atom. The van der Waals surface area contributed by atoms with E-state index in [1.807, 2.05) is 30.3 Å². The molecule has 0 saturated carbocycles. The minimum absolute atomic E-state index is 0.116. The number of ether oxygens (including phenoxy) is 2. The molecule has 1 aromatic rings. The summed E-state index contributed by atoms with van der Waals surface area (Å²) in [6.45, 7) is 11.1. The number of hydrogen-bond donors (Lipinski definition) is 0. The van der Waals surface area contributed by atoms with Gasteiger partial charge >= 0.3 is 208 Å². The maximum atomic E-state index is 13.4. The van der Waals surface area contributed by atoms with Gasteiger partial charge in [-0.1, -0.05) is 0 Å². The van der Waals surface area contributed by atoms with Crippen LogP contribution < -0.4 is 0 Å². The fourth-order valence-electron chi connectivity index (χ4n) is 4.90. The van der Waals surface area contributed by atoms with Crippen LogP contribution in [0.15, 0.2) is 30.3 Å². The van der Waals surface area contributed by atoms with Crippen LogP contribution in [-0.2, 0) is 20.9 Å². The second-order valence-corrected chi connectivity index (χ2v) is 23.9. The molecule has 0 aromatic heterocycles. The molecular weight excluding hydrogens is 519 g/mol. The van der Waals surface area contributed by atoms with E-state index < -0.39 is 29.9 Å². The first-order valence-corrected chi connectivity index (χ1v) is 21.3. The molecule has 0 aliphatic rings. The molecule has 33 heavy (non-hydrogen) atoms. The zero-order valence-electron chi connectivity index (χ0n) is 21.9. The summed E-state index contributed by atoms with van der Waals surface area (Å²) in [5.74, 6) is -0.375. The van der Waals surface area contributed by atoms with Gasteiger partial charge in [-0.2, -0.15) is 0 Å². The van der Waals surface area contributed by atoms with E-state index in [0.717, 1.165) is 29.3 Å². The first kappa shape index (κ1) is 30.0. The van der Waals surface area contributed by atoms with Crippen LogP contribution in [0.3, 0.4) is 0 Å². The summed E-state index contributed by atoms with van der Waals surface area (Å²) >= 11 is -2.61. The van der Waals surface area contributed by atoms with Crippen molar-refractivity contribution < 1.29 is 19.1 Å². The van der Waals surface area contributed by atoms with Crippen molar-refractivity contribution in [2.75, 3.05) is 0 Å². The van der Waals surface area contributed by atoms with E-state index in [-0.39, 0.29) is 12.6 Å². The van der Waals surface area contributed by atoms with E-state index in [4.69, 9.17) is 9.47 Å². The van der Waals surface area contributed by atoms with Crippen molar-refractivity contribution in [3.05, 3.63) is 35.9 Å². The second kappa shape index (κ2) is 16.6. The minimum atomic E-state index is -2.61. The van der Waals surface area contributed by atoms with Crippen LogP contribution in [0.1, 0.15) is 98.0 Å². The maximum absolute atomic E-state index is 13.4. The summed E-state index contributed by atoms with van der Waals surface area (Å²) in [7, 11) is 0. The molecule has 4 nitrogen and oxygen atoms in total. The van der Waals surface area contributed by atoms with Gasteiger partial charge in [-0.05, 0) is 0 Å². The first-order chi connectivity index (χ1) is 15.8. The first-order valence-electron chi connectivity index (χ1n) is 13.3. The van der Waals surface area contributed by atoms with E-state index in [1.165, 1.54) is 51.8 Å². The zero-order chi connectivity index (χ0) is 24.6. The van der Waals surface area contributed by atoms with Crippen LogP contribution in [0, 0.1) is 5.41 Å². The van der Waals surface area contributed by atoms with Crippen molar-refractivity contribution >= 4 is 30.5 Å². The van der Waals surface area contributed by atoms with Crippen LogP contribution in [0.2, 0.25) is 17.7 Å². The Morgan fingerprint density at radius 3 is 1.82 bits per heavy atom. The summed E-state index contributed by atoms with van der Waals surface area (Å²) in [6, 6.07) is 9.48. The van der Waals surface area contributed by atoms with Gasteiger partial charge in [-0.25, -0.2) is 0 Å². The van der Waals surface area contributed by atoms with E-state index in [2.05, 4.69) is 34.6 Å². The van der Waals surface area contributed by atoms with Crippen LogP contribution in [0.5, 0.6) is 0 Å². The van der Waals surface area contributed by atoms with Crippen molar-refractivity contribution in [1.82, 2.24) is 0 Å². The summed E-state index contributed by atoms with van der Waals surface area (Å²) < 4.78 is 15.6. The van der Waals surface area contributed by atoms with Gasteiger partial charge in [0.05, 0.1) is 0 Å². The summed E-state index contributed by atoms with van der Waals surface area (Å²) in [6.07, 6.45) is 9.34. The fourth-order valence-corrected chi connectivity index (χ4v) is 23.6. The van der Waals surface area contributed by atoms with Crippen LogP contribution >= 0.6 is 0 Å². The SMILES string of the molecule is CCCCC(C)([CH2][Sn]([CH2]CCC)([CH2]CCC)[CH2]CCC)C(=O)OC(=O)OCc1ccccc1. The van der Waals surface area contributed by atoms with Crippen molar-refractivity contribution in [2.24, 2.45) is 5.41 Å². The number of esters is 1. The standard InChI is InChI=1S/C16H21O4.3C4H9.Sn/c1-4-5-11-16(2,3)14(17)20-15(18)19-12-13-9-7-6-8-10-13;3*1-3-4-2;/h6-10H,2,4-5,11-12H2,1,3H3;3*1,3-4H2,2H3;. The third-order valence-electron chi connectivity index (χ3n) is 6.90. The van der Waals surface area contributed by atoms with Gasteiger partial charge in [0.15, 0.2) is 0 Å². The van der Waals surface area contributed by atoms with Gasteiger partial charge in [-0.15, -0.1) is 0 Å². The summed E-state index contributed by atoms with van der Waals surface area (Å²) in [4.78, 5) is 25.8. The molecule has 0 bridgehead atoms. The molecule has 0 aliphatic carbocycles. The molecule has 1 unspecified atom stereocenters. The number of benzene rings is 1. The molecule has 0 N–H and O–H groups in total. The molecule has 0 amide bonds. The van der Waals surface area contributed by atoms with Gasteiger partial charge in [0.1, 0.15) is 0 Å². The number of carbonyl (C=O) groups excluding carboxylic acids is 2. The monoisotopic (exact) mass is 568 g/mol. The molecule has 0 radical (unpaired) electrons. The van der Waals surface area contributed by atoms with Gasteiger partial charge in [0, 0.05) is 0 Å². The molecule has 0 heterocycles. The summed E-state index contributed by atoms with van der Waals surface area (Å²) in [5, 5.41) is 0. The van der Waals surface area contributed by atoms with Crippen molar-refractivity contribution in [3.63, 3.8) is 0 Å². The van der Waals surface area contributed by atoms with Crippen LogP contribution in [0.4, 0.5) is 4.79 Å². The fraction of sp³-hybridized carbons (Fsp3) is 0.714. The Kier molecular flexibility index (Phi) is 15.1. The molecular formula is C28H48O4Sn. The molecule has 5 heteroatoms. The topological polar surface area (TPSA) is 52.6 Å². The van der Waals surface area contributed by atoms with E-state index in [0.29, 0.717) is 0 Å². The van der Waals surface area contributed by atoms with Crippen molar-refractivity contribution in [2.45, 2.75) is 117 Å². The van der Waals surface area contributed by atoms with Crippen molar-refractivity contribution in [1.29, 1.82) is 0 Å². The normalized spacial score (nSPS) is 13.4. The average molecular weight is 567 g/mol. The molecule has 1 atom stereocenters. The third kappa shape index (κ3) is 11.3. The molecule has 0 spiro atoms. The van der Waals surface area contributed by atoms with Crippen molar-refractivity contribution in [3.8, 4) is 0 Å². The Morgan fingerprint density at radius 1 is 0.818 bits per heavy atom. The van der Waals surface area contributed by atoms with Gasteiger partial charge < -0.3 is 0 Å². The Hall–Kier alpha value is -1.04. The molecule has 1 rings (SSSR count). The van der Waals surface area contributed by atoms with Crippen LogP contribution in [0.25, 0.3) is 0 Å². The van der Waals surface area contributed by atoms with Gasteiger partial charge in [0.2, 0.25) is 0 Å². The molecule has 188 valence electrons.